The molecule has 5 heteroatoms. The first kappa shape index (κ1) is 10.5. The number of carboxylic acid groups (broad SMARTS) is 1. The van der Waals surface area contributed by atoms with Gasteiger partial charge in [0, 0.05) is 12.0 Å². The molecule has 0 bridgehead atoms. The van der Waals surface area contributed by atoms with E-state index in [-0.39, 0.29) is 5.97 Å². The lowest BCUT2D eigenvalue weighted by Gasteiger charge is -1.92. The summed E-state index contributed by atoms with van der Waals surface area (Å²) in [6, 6.07) is 0. The van der Waals surface area contributed by atoms with E-state index in [4.69, 9.17) is 9.90 Å². The van der Waals surface area contributed by atoms with Crippen molar-refractivity contribution in [3.63, 3.8) is 0 Å². The molecule has 1 aliphatic rings. The second kappa shape index (κ2) is 5.17. The number of carbonyl (C=O) groups is 2. The fourth-order valence-electron chi connectivity index (χ4n) is 0.514. The molecule has 0 fully saturated rings. The largest absolute Gasteiger partial charge is 0.550 e. The van der Waals surface area contributed by atoms with Gasteiger partial charge < -0.3 is 19.4 Å². The Bertz CT molecular complexity index is 202. The van der Waals surface area contributed by atoms with Gasteiger partial charge in [-0.2, -0.15) is 0 Å². The molecule has 1 aliphatic heterocycles. The molecule has 0 aromatic heterocycles. The molecule has 0 atom stereocenters. The number of aliphatic carboxylic acids is 1. The maximum atomic E-state index is 10.4. The summed E-state index contributed by atoms with van der Waals surface area (Å²) in [6.07, 6.45) is 1.60. The number of methoxy groups -OCH3 is 1. The second-order valence-corrected chi connectivity index (χ2v) is 1.86. The molecule has 1 rings (SSSR count). The van der Waals surface area contributed by atoms with Crippen LogP contribution in [0.2, 0.25) is 0 Å². The Morgan fingerprint density at radius 2 is 2.25 bits per heavy atom. The topological polar surface area (TPSA) is 75.7 Å². The fourth-order valence-corrected chi connectivity index (χ4v) is 0.514. The molecule has 0 aliphatic carbocycles. The second-order valence-electron chi connectivity index (χ2n) is 1.86. The lowest BCUT2D eigenvalue weighted by Crippen LogP contribution is -2.16. The standard InChI is InChI=1S/C5H6O3.C2H4O2/c1-7-4-2-3-8-5(4)6;1-2(3)4/h2H,3H2,1H3;1H3,(H,3,4)/p-1. The van der Waals surface area contributed by atoms with E-state index in [0.717, 1.165) is 6.92 Å². The number of carbonyl (C=O) groups excluding carboxylic acids is 2. The lowest BCUT2D eigenvalue weighted by atomic mass is 10.5. The average molecular weight is 173 g/mol. The summed E-state index contributed by atoms with van der Waals surface area (Å²) >= 11 is 0. The lowest BCUT2D eigenvalue weighted by molar-refractivity contribution is -0.302. The van der Waals surface area contributed by atoms with Crippen LogP contribution < -0.4 is 5.11 Å². The van der Waals surface area contributed by atoms with Crippen LogP contribution in [0, 0.1) is 0 Å². The van der Waals surface area contributed by atoms with Gasteiger partial charge in [0.15, 0.2) is 0 Å². The first-order chi connectivity index (χ1) is 5.57. The summed E-state index contributed by atoms with van der Waals surface area (Å²) in [6.45, 7) is 1.32. The number of carboxylic acids is 1. The molecule has 0 aromatic rings. The number of cyclic esters (lactones) is 1. The highest BCUT2D eigenvalue weighted by atomic mass is 16.6. The summed E-state index contributed by atoms with van der Waals surface area (Å²) in [5.41, 5.74) is 0. The summed E-state index contributed by atoms with van der Waals surface area (Å²) in [5, 5.41) is 8.89. The van der Waals surface area contributed by atoms with E-state index in [1.165, 1.54) is 7.11 Å². The highest BCUT2D eigenvalue weighted by Crippen LogP contribution is 2.05. The van der Waals surface area contributed by atoms with E-state index >= 15 is 0 Å². The number of ether oxygens (including phenoxy) is 2. The van der Waals surface area contributed by atoms with Crippen LogP contribution >= 0.6 is 0 Å². The van der Waals surface area contributed by atoms with Gasteiger partial charge in [0.1, 0.15) is 6.61 Å². The van der Waals surface area contributed by atoms with Gasteiger partial charge in [0.25, 0.3) is 0 Å². The quantitative estimate of drug-likeness (QED) is 0.467. The van der Waals surface area contributed by atoms with Gasteiger partial charge in [-0.1, -0.05) is 0 Å². The van der Waals surface area contributed by atoms with Crippen LogP contribution in [-0.4, -0.2) is 25.7 Å². The Morgan fingerprint density at radius 1 is 1.75 bits per heavy atom. The van der Waals surface area contributed by atoms with Gasteiger partial charge in [0.2, 0.25) is 5.76 Å². The van der Waals surface area contributed by atoms with Crippen LogP contribution in [0.1, 0.15) is 6.92 Å². The average Bonchev–Trinajstić information content (AvgIpc) is 2.33. The van der Waals surface area contributed by atoms with Crippen molar-refractivity contribution >= 4 is 11.9 Å². The molecule has 0 saturated heterocycles. The Morgan fingerprint density at radius 3 is 2.42 bits per heavy atom. The van der Waals surface area contributed by atoms with Crippen molar-refractivity contribution in [2.24, 2.45) is 0 Å². The number of rotatable bonds is 1. The van der Waals surface area contributed by atoms with Gasteiger partial charge in [-0.3, -0.25) is 0 Å². The minimum absolute atomic E-state index is 0.310. The molecule has 0 spiro atoms. The zero-order valence-corrected chi connectivity index (χ0v) is 6.83. The first-order valence-corrected chi connectivity index (χ1v) is 3.16. The van der Waals surface area contributed by atoms with E-state index in [9.17, 15) is 4.79 Å². The molecule has 0 aromatic carbocycles. The van der Waals surface area contributed by atoms with Gasteiger partial charge in [-0.25, -0.2) is 4.79 Å². The zero-order chi connectivity index (χ0) is 9.56. The van der Waals surface area contributed by atoms with E-state index in [0.29, 0.717) is 12.4 Å². The number of hydrogen-bond acceptors (Lipinski definition) is 5. The van der Waals surface area contributed by atoms with Crippen molar-refractivity contribution < 1.29 is 24.2 Å². The van der Waals surface area contributed by atoms with Crippen molar-refractivity contribution in [3.05, 3.63) is 11.8 Å². The van der Waals surface area contributed by atoms with E-state index < -0.39 is 5.97 Å². The van der Waals surface area contributed by atoms with Crippen LogP contribution in [0.5, 0.6) is 0 Å². The molecule has 0 unspecified atom stereocenters. The Kier molecular flexibility index (Phi) is 4.52. The van der Waals surface area contributed by atoms with Crippen LogP contribution in [-0.2, 0) is 19.1 Å². The molecule has 0 N–H and O–H groups in total. The Balaban J connectivity index is 0.000000261. The Hall–Kier alpha value is -1.52. The van der Waals surface area contributed by atoms with Crippen molar-refractivity contribution in [2.45, 2.75) is 6.92 Å². The fraction of sp³-hybridized carbons (Fsp3) is 0.429. The molecule has 5 nitrogen and oxygen atoms in total. The number of esters is 1. The monoisotopic (exact) mass is 173 g/mol. The third-order valence-corrected chi connectivity index (χ3v) is 0.904. The van der Waals surface area contributed by atoms with Crippen LogP contribution in [0.4, 0.5) is 0 Å². The normalized spacial score (nSPS) is 13.8. The molecule has 68 valence electrons. The van der Waals surface area contributed by atoms with Crippen molar-refractivity contribution in [2.75, 3.05) is 13.7 Å². The summed E-state index contributed by atoms with van der Waals surface area (Å²) < 4.78 is 9.11. The third kappa shape index (κ3) is 4.32. The predicted molar refractivity (Wildman–Crippen MR) is 36.7 cm³/mol. The Labute approximate surface area is 69.6 Å². The van der Waals surface area contributed by atoms with E-state index in [1.807, 2.05) is 0 Å². The van der Waals surface area contributed by atoms with Crippen LogP contribution in [0.15, 0.2) is 11.8 Å². The predicted octanol–water partition coefficient (Wildman–Crippen LogP) is -1.17. The smallest absolute Gasteiger partial charge is 0.373 e. The van der Waals surface area contributed by atoms with Crippen molar-refractivity contribution in [3.8, 4) is 0 Å². The molecule has 0 saturated carbocycles. The zero-order valence-electron chi connectivity index (χ0n) is 6.83. The van der Waals surface area contributed by atoms with Crippen LogP contribution in [0.25, 0.3) is 0 Å². The third-order valence-electron chi connectivity index (χ3n) is 0.904. The molecule has 12 heavy (non-hydrogen) atoms. The first-order valence-electron chi connectivity index (χ1n) is 3.16. The van der Waals surface area contributed by atoms with Gasteiger partial charge in [-0.15, -0.1) is 0 Å². The minimum Gasteiger partial charge on any atom is -0.550 e. The van der Waals surface area contributed by atoms with Crippen molar-refractivity contribution in [1.29, 1.82) is 0 Å². The molecule has 0 amide bonds. The highest BCUT2D eigenvalue weighted by Gasteiger charge is 2.15. The summed E-state index contributed by atoms with van der Waals surface area (Å²) in [7, 11) is 1.44. The number of hydrogen-bond donors (Lipinski definition) is 0. The molecule has 0 radical (unpaired) electrons. The summed E-state index contributed by atoms with van der Waals surface area (Å²) in [4.78, 5) is 19.3. The summed E-state index contributed by atoms with van der Waals surface area (Å²) in [5.74, 6) is -1.14. The maximum absolute atomic E-state index is 10.4. The molecule has 1 heterocycles. The minimum atomic E-state index is -1.08. The highest BCUT2D eigenvalue weighted by molar-refractivity contribution is 5.88. The van der Waals surface area contributed by atoms with Gasteiger partial charge in [-0.05, 0) is 6.92 Å². The molecular formula is C7H9O5-. The maximum Gasteiger partial charge on any atom is 0.373 e. The van der Waals surface area contributed by atoms with Crippen LogP contribution in [0.3, 0.4) is 0 Å². The SMILES string of the molecule is CC(=O)[O-].COC1=CCOC1=O. The van der Waals surface area contributed by atoms with E-state index in [1.54, 1.807) is 6.08 Å². The molecular weight excluding hydrogens is 164 g/mol. The van der Waals surface area contributed by atoms with Gasteiger partial charge >= 0.3 is 5.97 Å². The van der Waals surface area contributed by atoms with E-state index in [2.05, 4.69) is 9.47 Å². The van der Waals surface area contributed by atoms with Gasteiger partial charge in [0.05, 0.1) is 7.11 Å². The van der Waals surface area contributed by atoms with Crippen molar-refractivity contribution in [1.82, 2.24) is 0 Å².